The average Bonchev–Trinajstić information content (AvgIpc) is 2.55. The van der Waals surface area contributed by atoms with Crippen molar-refractivity contribution in [3.8, 4) is 5.75 Å². The normalized spacial score (nSPS) is 10.7. The zero-order valence-electron chi connectivity index (χ0n) is 12.6. The van der Waals surface area contributed by atoms with Gasteiger partial charge in [0.25, 0.3) is 0 Å². The van der Waals surface area contributed by atoms with E-state index in [1.807, 2.05) is 6.92 Å². The predicted octanol–water partition coefficient (Wildman–Crippen LogP) is 4.28. The van der Waals surface area contributed by atoms with Crippen molar-refractivity contribution in [2.75, 3.05) is 0 Å². The SMILES string of the molecule is Cc1c(C)c2cc(Cl)c(OC(=O)c3ccccc3)cc2oc1=O. The molecule has 2 aromatic carbocycles. The highest BCUT2D eigenvalue weighted by Crippen LogP contribution is 2.32. The largest absolute Gasteiger partial charge is 0.422 e. The Kier molecular flexibility index (Phi) is 3.92. The van der Waals surface area contributed by atoms with E-state index in [4.69, 9.17) is 20.8 Å². The smallest absolute Gasteiger partial charge is 0.343 e. The number of rotatable bonds is 2. The standard InChI is InChI=1S/C18H13ClO4/c1-10-11(2)17(20)22-15-9-16(14(19)8-13(10)15)23-18(21)12-6-4-3-5-7-12/h3-9H,1-2H3. The van der Waals surface area contributed by atoms with E-state index in [0.717, 1.165) is 5.56 Å². The highest BCUT2D eigenvalue weighted by atomic mass is 35.5. The summed E-state index contributed by atoms with van der Waals surface area (Å²) in [6, 6.07) is 11.7. The first-order chi connectivity index (χ1) is 11.0. The molecule has 0 aliphatic rings. The monoisotopic (exact) mass is 328 g/mol. The van der Waals surface area contributed by atoms with Crippen LogP contribution in [-0.2, 0) is 0 Å². The molecule has 0 saturated heterocycles. The lowest BCUT2D eigenvalue weighted by Gasteiger charge is -2.09. The summed E-state index contributed by atoms with van der Waals surface area (Å²) in [7, 11) is 0. The molecule has 0 amide bonds. The van der Waals surface area contributed by atoms with Crippen molar-refractivity contribution in [3.63, 3.8) is 0 Å². The van der Waals surface area contributed by atoms with Gasteiger partial charge in [-0.3, -0.25) is 0 Å². The summed E-state index contributed by atoms with van der Waals surface area (Å²) < 4.78 is 10.6. The molecule has 3 rings (SSSR count). The molecule has 0 N–H and O–H groups in total. The van der Waals surface area contributed by atoms with Crippen LogP contribution in [0.5, 0.6) is 5.75 Å². The van der Waals surface area contributed by atoms with Gasteiger partial charge < -0.3 is 9.15 Å². The van der Waals surface area contributed by atoms with E-state index in [0.29, 0.717) is 22.1 Å². The molecule has 1 heterocycles. The second-order valence-corrected chi connectivity index (χ2v) is 5.58. The number of ether oxygens (including phenoxy) is 1. The summed E-state index contributed by atoms with van der Waals surface area (Å²) >= 11 is 6.20. The third-order valence-electron chi connectivity index (χ3n) is 3.72. The summed E-state index contributed by atoms with van der Waals surface area (Å²) in [5.74, 6) is -0.377. The van der Waals surface area contributed by atoms with E-state index in [1.165, 1.54) is 6.07 Å². The Morgan fingerprint density at radius 3 is 2.48 bits per heavy atom. The molecule has 0 aliphatic carbocycles. The highest BCUT2D eigenvalue weighted by Gasteiger charge is 2.15. The second-order valence-electron chi connectivity index (χ2n) is 5.17. The third-order valence-corrected chi connectivity index (χ3v) is 4.02. The fourth-order valence-corrected chi connectivity index (χ4v) is 2.46. The van der Waals surface area contributed by atoms with Crippen LogP contribution < -0.4 is 10.4 Å². The van der Waals surface area contributed by atoms with Crippen LogP contribution in [-0.4, -0.2) is 5.97 Å². The number of esters is 1. The molecule has 4 nitrogen and oxygen atoms in total. The molecular formula is C18H13ClO4. The van der Waals surface area contributed by atoms with Crippen LogP contribution in [0.15, 0.2) is 51.7 Å². The molecule has 0 spiro atoms. The van der Waals surface area contributed by atoms with Gasteiger partial charge in [0.1, 0.15) is 5.58 Å². The van der Waals surface area contributed by atoms with Crippen molar-refractivity contribution in [3.05, 3.63) is 74.6 Å². The maximum absolute atomic E-state index is 12.1. The van der Waals surface area contributed by atoms with Gasteiger partial charge in [-0.15, -0.1) is 0 Å². The van der Waals surface area contributed by atoms with Gasteiger partial charge in [-0.05, 0) is 37.6 Å². The van der Waals surface area contributed by atoms with Gasteiger partial charge in [-0.1, -0.05) is 29.8 Å². The van der Waals surface area contributed by atoms with Crippen molar-refractivity contribution in [1.29, 1.82) is 0 Å². The molecule has 0 atom stereocenters. The van der Waals surface area contributed by atoms with Crippen molar-refractivity contribution in [1.82, 2.24) is 0 Å². The Morgan fingerprint density at radius 1 is 1.09 bits per heavy atom. The fraction of sp³-hybridized carbons (Fsp3) is 0.111. The Labute approximate surface area is 137 Å². The Bertz CT molecular complexity index is 958. The summed E-state index contributed by atoms with van der Waals surface area (Å²) in [5.41, 5.74) is 1.64. The highest BCUT2D eigenvalue weighted by molar-refractivity contribution is 6.33. The van der Waals surface area contributed by atoms with Gasteiger partial charge in [0.2, 0.25) is 0 Å². The average molecular weight is 329 g/mol. The van der Waals surface area contributed by atoms with Gasteiger partial charge in [-0.25, -0.2) is 9.59 Å². The second kappa shape index (κ2) is 5.89. The van der Waals surface area contributed by atoms with Crippen molar-refractivity contribution < 1.29 is 13.9 Å². The van der Waals surface area contributed by atoms with E-state index in [9.17, 15) is 9.59 Å². The molecular weight excluding hydrogens is 316 g/mol. The minimum absolute atomic E-state index is 0.152. The first-order valence-electron chi connectivity index (χ1n) is 6.98. The molecule has 116 valence electrons. The number of hydrogen-bond donors (Lipinski definition) is 0. The number of fused-ring (bicyclic) bond motifs is 1. The fourth-order valence-electron chi connectivity index (χ4n) is 2.25. The topological polar surface area (TPSA) is 56.5 Å². The molecule has 0 unspecified atom stereocenters. The predicted molar refractivity (Wildman–Crippen MR) is 88.4 cm³/mol. The van der Waals surface area contributed by atoms with Crippen LogP contribution in [0.3, 0.4) is 0 Å². The Balaban J connectivity index is 2.05. The molecule has 3 aromatic rings. The van der Waals surface area contributed by atoms with Crippen molar-refractivity contribution >= 4 is 28.5 Å². The summed E-state index contributed by atoms with van der Waals surface area (Å²) in [6.45, 7) is 3.51. The molecule has 0 radical (unpaired) electrons. The van der Waals surface area contributed by atoms with Gasteiger partial charge in [-0.2, -0.15) is 0 Å². The van der Waals surface area contributed by atoms with Gasteiger partial charge in [0, 0.05) is 17.0 Å². The van der Waals surface area contributed by atoms with Crippen molar-refractivity contribution in [2.45, 2.75) is 13.8 Å². The Morgan fingerprint density at radius 2 is 1.78 bits per heavy atom. The number of carbonyl (C=O) groups excluding carboxylic acids is 1. The number of carbonyl (C=O) groups is 1. The zero-order chi connectivity index (χ0) is 16.6. The number of hydrogen-bond acceptors (Lipinski definition) is 4. The van der Waals surface area contributed by atoms with Gasteiger partial charge >= 0.3 is 11.6 Å². The quantitative estimate of drug-likeness (QED) is 0.400. The lowest BCUT2D eigenvalue weighted by Crippen LogP contribution is -2.09. The lowest BCUT2D eigenvalue weighted by molar-refractivity contribution is 0.0735. The van der Waals surface area contributed by atoms with Gasteiger partial charge in [0.15, 0.2) is 5.75 Å². The molecule has 23 heavy (non-hydrogen) atoms. The first kappa shape index (κ1) is 15.3. The zero-order valence-corrected chi connectivity index (χ0v) is 13.3. The van der Waals surface area contributed by atoms with Crippen LogP contribution in [0, 0.1) is 13.8 Å². The van der Waals surface area contributed by atoms with E-state index >= 15 is 0 Å². The van der Waals surface area contributed by atoms with E-state index in [1.54, 1.807) is 43.3 Å². The summed E-state index contributed by atoms with van der Waals surface area (Å²) in [5, 5.41) is 0.991. The third kappa shape index (κ3) is 2.85. The first-order valence-corrected chi connectivity index (χ1v) is 7.36. The van der Waals surface area contributed by atoms with E-state index in [-0.39, 0.29) is 10.8 Å². The summed E-state index contributed by atoms with van der Waals surface area (Å²) in [6.07, 6.45) is 0. The molecule has 0 saturated carbocycles. The number of halogens is 1. The maximum Gasteiger partial charge on any atom is 0.343 e. The number of benzene rings is 2. The maximum atomic E-state index is 12.1. The molecule has 1 aromatic heterocycles. The van der Waals surface area contributed by atoms with E-state index < -0.39 is 11.6 Å². The van der Waals surface area contributed by atoms with Crippen LogP contribution in [0.1, 0.15) is 21.5 Å². The van der Waals surface area contributed by atoms with Gasteiger partial charge in [0.05, 0.1) is 10.6 Å². The minimum atomic E-state index is -0.530. The van der Waals surface area contributed by atoms with Crippen LogP contribution in [0.2, 0.25) is 5.02 Å². The molecule has 0 bridgehead atoms. The van der Waals surface area contributed by atoms with E-state index in [2.05, 4.69) is 0 Å². The molecule has 5 heteroatoms. The lowest BCUT2D eigenvalue weighted by atomic mass is 10.1. The molecule has 0 aliphatic heterocycles. The molecule has 0 fully saturated rings. The van der Waals surface area contributed by atoms with Crippen molar-refractivity contribution in [2.24, 2.45) is 0 Å². The van der Waals surface area contributed by atoms with Crippen LogP contribution in [0.4, 0.5) is 0 Å². The van der Waals surface area contributed by atoms with Crippen LogP contribution in [0.25, 0.3) is 11.0 Å². The van der Waals surface area contributed by atoms with Crippen LogP contribution >= 0.6 is 11.6 Å². The number of aryl methyl sites for hydroxylation is 1. The minimum Gasteiger partial charge on any atom is -0.422 e. The Hall–Kier alpha value is -2.59. The summed E-state index contributed by atoms with van der Waals surface area (Å²) in [4.78, 5) is 23.9.